The number of aryl methyl sites for hydroxylation is 1. The number of likely N-dealkylation sites (N-methyl/N-ethyl adjacent to an activating group) is 1. The van der Waals surface area contributed by atoms with Crippen molar-refractivity contribution in [2.24, 2.45) is 0 Å². The van der Waals surface area contributed by atoms with Gasteiger partial charge in [-0.15, -0.1) is 0 Å². The molecular weight excluding hydrogens is 262 g/mol. The Kier molecular flexibility index (Phi) is 4.28. The summed E-state index contributed by atoms with van der Waals surface area (Å²) >= 11 is 0. The maximum absolute atomic E-state index is 12.7. The summed E-state index contributed by atoms with van der Waals surface area (Å²) in [5, 5.41) is 12.4. The average Bonchev–Trinajstić information content (AvgIpc) is 2.80. The van der Waals surface area contributed by atoms with Gasteiger partial charge in [-0.2, -0.15) is 0 Å². The molecule has 0 aromatic heterocycles. The highest BCUT2D eigenvalue weighted by Crippen LogP contribution is 2.31. The molecule has 5 heteroatoms. The third kappa shape index (κ3) is 2.68. The lowest BCUT2D eigenvalue weighted by Gasteiger charge is -2.14. The van der Waals surface area contributed by atoms with Crippen molar-refractivity contribution in [1.29, 1.82) is 0 Å². The fourth-order valence-electron chi connectivity index (χ4n) is 2.79. The number of rotatable bonds is 4. The van der Waals surface area contributed by atoms with E-state index in [0.29, 0.717) is 24.2 Å². The summed E-state index contributed by atoms with van der Waals surface area (Å²) in [6.07, 6.45) is 0.892. The van der Waals surface area contributed by atoms with E-state index < -0.39 is 21.2 Å². The minimum Gasteiger partial charge on any atom is -0.391 e. The van der Waals surface area contributed by atoms with Gasteiger partial charge in [0.2, 0.25) is 0 Å². The molecule has 1 aromatic rings. The van der Waals surface area contributed by atoms with Crippen LogP contribution in [-0.4, -0.2) is 38.0 Å². The first-order chi connectivity index (χ1) is 9.00. The van der Waals surface area contributed by atoms with Crippen LogP contribution in [0.5, 0.6) is 0 Å². The second-order valence-corrected chi connectivity index (χ2v) is 7.26. The van der Waals surface area contributed by atoms with Gasteiger partial charge < -0.3 is 10.4 Å². The molecule has 4 nitrogen and oxygen atoms in total. The standard InChI is InChI=1S/C14H21NO3S/c1-3-10-6-4-5-7-14(10)19(17,18)11-8-12(15-2)13(16)9-11/h4-7,11-13,15-16H,3,8-9H2,1-2H3. The summed E-state index contributed by atoms with van der Waals surface area (Å²) in [4.78, 5) is 0.423. The van der Waals surface area contributed by atoms with Gasteiger partial charge in [0.05, 0.1) is 16.2 Å². The second-order valence-electron chi connectivity index (χ2n) is 5.06. The molecular formula is C14H21NO3S. The van der Waals surface area contributed by atoms with Crippen LogP contribution in [0.1, 0.15) is 25.3 Å². The van der Waals surface area contributed by atoms with E-state index in [4.69, 9.17) is 0 Å². The Morgan fingerprint density at radius 2 is 2.00 bits per heavy atom. The molecule has 1 saturated carbocycles. The molecule has 3 unspecified atom stereocenters. The zero-order chi connectivity index (χ0) is 14.0. The van der Waals surface area contributed by atoms with Gasteiger partial charge in [0.1, 0.15) is 0 Å². The van der Waals surface area contributed by atoms with Crippen LogP contribution in [0.25, 0.3) is 0 Å². The molecule has 3 atom stereocenters. The number of nitrogens with one attached hydrogen (secondary N) is 1. The van der Waals surface area contributed by atoms with E-state index in [9.17, 15) is 13.5 Å². The van der Waals surface area contributed by atoms with Gasteiger partial charge in [0.25, 0.3) is 0 Å². The highest BCUT2D eigenvalue weighted by atomic mass is 32.2. The molecule has 1 aliphatic rings. The topological polar surface area (TPSA) is 66.4 Å². The Hall–Kier alpha value is -0.910. The van der Waals surface area contributed by atoms with Gasteiger partial charge in [-0.05, 0) is 37.9 Å². The van der Waals surface area contributed by atoms with Crippen LogP contribution in [0.2, 0.25) is 0 Å². The number of benzene rings is 1. The van der Waals surface area contributed by atoms with Gasteiger partial charge in [-0.3, -0.25) is 0 Å². The van der Waals surface area contributed by atoms with E-state index in [0.717, 1.165) is 5.56 Å². The van der Waals surface area contributed by atoms with Crippen molar-refractivity contribution in [3.05, 3.63) is 29.8 Å². The lowest BCUT2D eigenvalue weighted by molar-refractivity contribution is 0.153. The fourth-order valence-corrected chi connectivity index (χ4v) is 4.90. The van der Waals surface area contributed by atoms with E-state index in [1.54, 1.807) is 19.2 Å². The first kappa shape index (κ1) is 14.5. The van der Waals surface area contributed by atoms with Crippen LogP contribution >= 0.6 is 0 Å². The molecule has 0 spiro atoms. The SMILES string of the molecule is CCc1ccccc1S(=O)(=O)C1CC(O)C(NC)C1. The van der Waals surface area contributed by atoms with Crippen LogP contribution < -0.4 is 5.32 Å². The van der Waals surface area contributed by atoms with Gasteiger partial charge in [-0.25, -0.2) is 8.42 Å². The Bertz CT molecular complexity index is 541. The highest BCUT2D eigenvalue weighted by molar-refractivity contribution is 7.92. The van der Waals surface area contributed by atoms with E-state index in [1.807, 2.05) is 19.1 Å². The number of sulfone groups is 1. The highest BCUT2D eigenvalue weighted by Gasteiger charge is 2.40. The second kappa shape index (κ2) is 5.61. The van der Waals surface area contributed by atoms with Crippen molar-refractivity contribution in [2.75, 3.05) is 7.05 Å². The van der Waals surface area contributed by atoms with Gasteiger partial charge >= 0.3 is 0 Å². The predicted octanol–water partition coefficient (Wildman–Crippen LogP) is 1.13. The maximum atomic E-state index is 12.7. The molecule has 1 aliphatic carbocycles. The largest absolute Gasteiger partial charge is 0.391 e. The molecule has 0 amide bonds. The van der Waals surface area contributed by atoms with E-state index in [-0.39, 0.29) is 6.04 Å². The number of aliphatic hydroxyl groups excluding tert-OH is 1. The summed E-state index contributed by atoms with van der Waals surface area (Å²) < 4.78 is 25.4. The van der Waals surface area contributed by atoms with Crippen molar-refractivity contribution in [3.63, 3.8) is 0 Å². The van der Waals surface area contributed by atoms with Crippen molar-refractivity contribution >= 4 is 9.84 Å². The summed E-state index contributed by atoms with van der Waals surface area (Å²) in [5.74, 6) is 0. The summed E-state index contributed by atoms with van der Waals surface area (Å²) in [7, 11) is -1.60. The van der Waals surface area contributed by atoms with Gasteiger partial charge in [0, 0.05) is 6.04 Å². The first-order valence-corrected chi connectivity index (χ1v) is 8.22. The van der Waals surface area contributed by atoms with Crippen molar-refractivity contribution in [2.45, 2.75) is 48.5 Å². The lowest BCUT2D eigenvalue weighted by Crippen LogP contribution is -2.32. The minimum absolute atomic E-state index is 0.131. The third-order valence-electron chi connectivity index (χ3n) is 3.96. The van der Waals surface area contributed by atoms with Crippen LogP contribution in [0.4, 0.5) is 0 Å². The molecule has 0 saturated heterocycles. The summed E-state index contributed by atoms with van der Waals surface area (Å²) in [6, 6.07) is 7.01. The fraction of sp³-hybridized carbons (Fsp3) is 0.571. The Balaban J connectivity index is 2.33. The quantitative estimate of drug-likeness (QED) is 0.869. The van der Waals surface area contributed by atoms with Gasteiger partial charge in [0.15, 0.2) is 9.84 Å². The Labute approximate surface area is 114 Å². The van der Waals surface area contributed by atoms with Crippen molar-refractivity contribution in [3.8, 4) is 0 Å². The van der Waals surface area contributed by atoms with E-state index in [1.165, 1.54) is 0 Å². The van der Waals surface area contributed by atoms with Gasteiger partial charge in [-0.1, -0.05) is 25.1 Å². The van der Waals surface area contributed by atoms with Crippen molar-refractivity contribution < 1.29 is 13.5 Å². The third-order valence-corrected chi connectivity index (χ3v) is 6.23. The maximum Gasteiger partial charge on any atom is 0.181 e. The van der Waals surface area contributed by atoms with E-state index in [2.05, 4.69) is 5.32 Å². The predicted molar refractivity (Wildman–Crippen MR) is 74.9 cm³/mol. The zero-order valence-electron chi connectivity index (χ0n) is 11.3. The molecule has 0 heterocycles. The molecule has 19 heavy (non-hydrogen) atoms. The lowest BCUT2D eigenvalue weighted by atomic mass is 10.2. The Morgan fingerprint density at radius 1 is 1.32 bits per heavy atom. The molecule has 2 N–H and O–H groups in total. The zero-order valence-corrected chi connectivity index (χ0v) is 12.2. The molecule has 2 rings (SSSR count). The monoisotopic (exact) mass is 283 g/mol. The number of hydrogen-bond acceptors (Lipinski definition) is 4. The van der Waals surface area contributed by atoms with Crippen molar-refractivity contribution in [1.82, 2.24) is 5.32 Å². The average molecular weight is 283 g/mol. The molecule has 0 bridgehead atoms. The molecule has 1 aromatic carbocycles. The van der Waals surface area contributed by atoms with Crippen LogP contribution in [0, 0.1) is 0 Å². The van der Waals surface area contributed by atoms with Crippen LogP contribution in [-0.2, 0) is 16.3 Å². The first-order valence-electron chi connectivity index (χ1n) is 6.67. The van der Waals surface area contributed by atoms with Crippen LogP contribution in [0.3, 0.4) is 0 Å². The Morgan fingerprint density at radius 3 is 2.58 bits per heavy atom. The smallest absolute Gasteiger partial charge is 0.181 e. The number of aliphatic hydroxyl groups is 1. The minimum atomic E-state index is -3.36. The summed E-state index contributed by atoms with van der Waals surface area (Å²) in [5.41, 5.74) is 0.852. The molecule has 106 valence electrons. The van der Waals surface area contributed by atoms with E-state index >= 15 is 0 Å². The normalized spacial score (nSPS) is 27.6. The molecule has 1 fully saturated rings. The van der Waals surface area contributed by atoms with Crippen LogP contribution in [0.15, 0.2) is 29.2 Å². The molecule has 0 aliphatic heterocycles. The summed E-state index contributed by atoms with van der Waals surface area (Å²) in [6.45, 7) is 1.95. The molecule has 0 radical (unpaired) electrons. The number of hydrogen-bond donors (Lipinski definition) is 2.